The van der Waals surface area contributed by atoms with Crippen LogP contribution in [-0.2, 0) is 14.3 Å². The third-order valence-electron chi connectivity index (χ3n) is 2.84. The van der Waals surface area contributed by atoms with Crippen molar-refractivity contribution in [2.24, 2.45) is 0 Å². The third-order valence-corrected chi connectivity index (χ3v) is 2.84. The van der Waals surface area contributed by atoms with Crippen LogP contribution in [0.2, 0.25) is 0 Å². The van der Waals surface area contributed by atoms with Crippen molar-refractivity contribution in [1.29, 1.82) is 0 Å². The van der Waals surface area contributed by atoms with Crippen LogP contribution in [0.4, 0.5) is 0 Å². The summed E-state index contributed by atoms with van der Waals surface area (Å²) in [6.45, 7) is 5.39. The van der Waals surface area contributed by atoms with Crippen molar-refractivity contribution >= 4 is 5.97 Å². The van der Waals surface area contributed by atoms with Crippen molar-refractivity contribution in [3.8, 4) is 5.75 Å². The molecule has 0 fully saturated rings. The number of hydrogen-bond donors (Lipinski definition) is 1. The molecule has 0 aliphatic carbocycles. The second kappa shape index (κ2) is 9.34. The van der Waals surface area contributed by atoms with E-state index in [0.717, 1.165) is 5.75 Å². The Kier molecular flexibility index (Phi) is 7.69. The third kappa shape index (κ3) is 6.04. The quantitative estimate of drug-likeness (QED) is 0.553. The van der Waals surface area contributed by atoms with E-state index in [-0.39, 0.29) is 18.6 Å². The number of ether oxygens (including phenoxy) is 3. The van der Waals surface area contributed by atoms with Gasteiger partial charge in [0.15, 0.2) is 0 Å². The number of benzene rings is 1. The highest BCUT2D eigenvalue weighted by atomic mass is 16.6. The van der Waals surface area contributed by atoms with Gasteiger partial charge in [-0.15, -0.1) is 0 Å². The molecule has 1 aromatic rings. The fraction of sp³-hybridized carbons (Fsp3) is 0.533. The lowest BCUT2D eigenvalue weighted by molar-refractivity contribution is -0.148. The summed E-state index contributed by atoms with van der Waals surface area (Å²) >= 11 is 0. The maximum Gasteiger partial charge on any atom is 0.332 e. The molecule has 0 spiro atoms. The van der Waals surface area contributed by atoms with E-state index >= 15 is 0 Å². The molecule has 5 heteroatoms. The standard InChI is InChI=1S/C15H23NO4/c1-4-20-15(17)11-19-10-9-16-12(2)13-5-7-14(18-3)8-6-13/h5-8,12,16H,4,9-11H2,1-3H3. The van der Waals surface area contributed by atoms with Gasteiger partial charge in [-0.2, -0.15) is 0 Å². The predicted molar refractivity (Wildman–Crippen MR) is 76.9 cm³/mol. The molecule has 0 radical (unpaired) electrons. The SMILES string of the molecule is CCOC(=O)COCCNC(C)c1ccc(OC)cc1. The number of rotatable bonds is 9. The average Bonchev–Trinajstić information content (AvgIpc) is 2.47. The van der Waals surface area contributed by atoms with Crippen LogP contribution in [0.15, 0.2) is 24.3 Å². The maximum absolute atomic E-state index is 11.0. The molecule has 0 saturated carbocycles. The first-order valence-electron chi connectivity index (χ1n) is 6.78. The summed E-state index contributed by atoms with van der Waals surface area (Å²) < 4.78 is 15.1. The first-order valence-corrected chi connectivity index (χ1v) is 6.78. The Hall–Kier alpha value is -1.59. The summed E-state index contributed by atoms with van der Waals surface area (Å²) in [6, 6.07) is 8.13. The monoisotopic (exact) mass is 281 g/mol. The van der Waals surface area contributed by atoms with Crippen LogP contribution >= 0.6 is 0 Å². The van der Waals surface area contributed by atoms with Crippen molar-refractivity contribution in [2.75, 3.05) is 33.5 Å². The molecule has 1 unspecified atom stereocenters. The zero-order valence-electron chi connectivity index (χ0n) is 12.3. The van der Waals surface area contributed by atoms with Crippen molar-refractivity contribution in [3.63, 3.8) is 0 Å². The molecular weight excluding hydrogens is 258 g/mol. The number of carbonyl (C=O) groups excluding carboxylic acids is 1. The van der Waals surface area contributed by atoms with E-state index in [2.05, 4.69) is 12.2 Å². The van der Waals surface area contributed by atoms with Crippen LogP contribution in [0.1, 0.15) is 25.5 Å². The summed E-state index contributed by atoms with van der Waals surface area (Å²) in [5, 5.41) is 3.32. The number of methoxy groups -OCH3 is 1. The van der Waals surface area contributed by atoms with Crippen LogP contribution in [0.3, 0.4) is 0 Å². The van der Waals surface area contributed by atoms with Gasteiger partial charge in [0, 0.05) is 12.6 Å². The Morgan fingerprint density at radius 3 is 2.60 bits per heavy atom. The normalized spacial score (nSPS) is 11.9. The largest absolute Gasteiger partial charge is 0.497 e. The van der Waals surface area contributed by atoms with Gasteiger partial charge >= 0.3 is 5.97 Å². The van der Waals surface area contributed by atoms with Crippen molar-refractivity contribution in [1.82, 2.24) is 5.32 Å². The van der Waals surface area contributed by atoms with Gasteiger partial charge in [-0.3, -0.25) is 0 Å². The number of hydrogen-bond acceptors (Lipinski definition) is 5. The van der Waals surface area contributed by atoms with Crippen LogP contribution in [0.5, 0.6) is 5.75 Å². The second-order valence-corrected chi connectivity index (χ2v) is 4.31. The average molecular weight is 281 g/mol. The van der Waals surface area contributed by atoms with Crippen LogP contribution in [0, 0.1) is 0 Å². The molecule has 20 heavy (non-hydrogen) atoms. The van der Waals surface area contributed by atoms with Gasteiger partial charge in [-0.25, -0.2) is 4.79 Å². The van der Waals surface area contributed by atoms with Crippen molar-refractivity contribution < 1.29 is 19.0 Å². The molecule has 0 bridgehead atoms. The van der Waals surface area contributed by atoms with Gasteiger partial charge in [-0.05, 0) is 31.5 Å². The highest BCUT2D eigenvalue weighted by Gasteiger charge is 2.05. The summed E-state index contributed by atoms with van der Waals surface area (Å²) in [7, 11) is 1.65. The summed E-state index contributed by atoms with van der Waals surface area (Å²) in [5.41, 5.74) is 1.18. The number of esters is 1. The fourth-order valence-electron chi connectivity index (χ4n) is 1.72. The molecule has 1 N–H and O–H groups in total. The lowest BCUT2D eigenvalue weighted by Crippen LogP contribution is -2.24. The minimum Gasteiger partial charge on any atom is -0.497 e. The van der Waals surface area contributed by atoms with Gasteiger partial charge in [0.1, 0.15) is 12.4 Å². The molecule has 112 valence electrons. The Morgan fingerprint density at radius 1 is 1.30 bits per heavy atom. The smallest absolute Gasteiger partial charge is 0.332 e. The van der Waals surface area contributed by atoms with E-state index in [1.807, 2.05) is 24.3 Å². The van der Waals surface area contributed by atoms with Crippen LogP contribution in [0.25, 0.3) is 0 Å². The molecular formula is C15H23NO4. The van der Waals surface area contributed by atoms with E-state index in [4.69, 9.17) is 14.2 Å². The zero-order chi connectivity index (χ0) is 14.8. The highest BCUT2D eigenvalue weighted by molar-refractivity contribution is 5.70. The Balaban J connectivity index is 2.19. The lowest BCUT2D eigenvalue weighted by Gasteiger charge is -2.14. The van der Waals surface area contributed by atoms with E-state index in [1.54, 1.807) is 14.0 Å². The Morgan fingerprint density at radius 2 is 2.00 bits per heavy atom. The van der Waals surface area contributed by atoms with E-state index in [9.17, 15) is 4.79 Å². The predicted octanol–water partition coefficient (Wildman–Crippen LogP) is 1.93. The highest BCUT2D eigenvalue weighted by Crippen LogP contribution is 2.16. The second-order valence-electron chi connectivity index (χ2n) is 4.31. The van der Waals surface area contributed by atoms with Crippen LogP contribution < -0.4 is 10.1 Å². The van der Waals surface area contributed by atoms with E-state index < -0.39 is 0 Å². The van der Waals surface area contributed by atoms with Crippen molar-refractivity contribution in [3.05, 3.63) is 29.8 Å². The molecule has 1 rings (SSSR count). The first-order chi connectivity index (χ1) is 9.67. The minimum atomic E-state index is -0.323. The molecule has 0 aliphatic rings. The topological polar surface area (TPSA) is 56.8 Å². The minimum absolute atomic E-state index is 0.00639. The van der Waals surface area contributed by atoms with Crippen molar-refractivity contribution in [2.45, 2.75) is 19.9 Å². The maximum atomic E-state index is 11.0. The molecule has 1 atom stereocenters. The van der Waals surface area contributed by atoms with Gasteiger partial charge in [0.05, 0.1) is 20.3 Å². The summed E-state index contributed by atoms with van der Waals surface area (Å²) in [6.07, 6.45) is 0. The number of carbonyl (C=O) groups is 1. The van der Waals surface area contributed by atoms with E-state index in [1.165, 1.54) is 5.56 Å². The summed E-state index contributed by atoms with van der Waals surface area (Å²) in [4.78, 5) is 11.0. The lowest BCUT2D eigenvalue weighted by atomic mass is 10.1. The molecule has 0 saturated heterocycles. The molecule has 0 amide bonds. The molecule has 0 aromatic heterocycles. The molecule has 5 nitrogen and oxygen atoms in total. The van der Waals surface area contributed by atoms with Crippen LogP contribution in [-0.4, -0.2) is 39.4 Å². The Bertz CT molecular complexity index is 391. The van der Waals surface area contributed by atoms with Gasteiger partial charge < -0.3 is 19.5 Å². The fourth-order valence-corrected chi connectivity index (χ4v) is 1.72. The molecule has 0 aliphatic heterocycles. The Labute approximate surface area is 120 Å². The number of nitrogens with one attached hydrogen (secondary N) is 1. The van der Waals surface area contributed by atoms with Gasteiger partial charge in [-0.1, -0.05) is 12.1 Å². The molecule has 0 heterocycles. The molecule has 1 aromatic carbocycles. The van der Waals surface area contributed by atoms with Gasteiger partial charge in [0.25, 0.3) is 0 Å². The van der Waals surface area contributed by atoms with Gasteiger partial charge in [0.2, 0.25) is 0 Å². The first kappa shape index (κ1) is 16.5. The summed E-state index contributed by atoms with van der Waals surface area (Å²) in [5.74, 6) is 0.523. The zero-order valence-corrected chi connectivity index (χ0v) is 12.3. The van der Waals surface area contributed by atoms with E-state index in [0.29, 0.717) is 19.8 Å².